The van der Waals surface area contributed by atoms with Gasteiger partial charge in [-0.05, 0) is 55.5 Å². The van der Waals surface area contributed by atoms with Crippen molar-refractivity contribution < 1.29 is 41.2 Å². The second kappa shape index (κ2) is 11.6. The fourth-order valence-electron chi connectivity index (χ4n) is 4.02. The molecule has 0 aromatic heterocycles. The van der Waals surface area contributed by atoms with Crippen molar-refractivity contribution in [3.63, 3.8) is 0 Å². The fourth-order valence-corrected chi connectivity index (χ4v) is 4.95. The van der Waals surface area contributed by atoms with Crippen molar-refractivity contribution in [2.24, 2.45) is 5.92 Å². The van der Waals surface area contributed by atoms with Crippen LogP contribution in [0.5, 0.6) is 17.2 Å². The molecule has 11 heteroatoms. The number of benzene rings is 3. The Hall–Kier alpha value is -4.38. The third-order valence-electron chi connectivity index (χ3n) is 6.17. The van der Waals surface area contributed by atoms with Crippen molar-refractivity contribution in [2.75, 3.05) is 32.3 Å². The van der Waals surface area contributed by atoms with Gasteiger partial charge in [0.15, 0.2) is 12.4 Å². The first kappa shape index (κ1) is 27.6. The average Bonchev–Trinajstić information content (AvgIpc) is 3.33. The molecule has 1 aliphatic heterocycles. The Bertz CT molecular complexity index is 1480. The van der Waals surface area contributed by atoms with Gasteiger partial charge < -0.3 is 23.3 Å². The molecule has 4 rings (SSSR count). The number of hydrogen-bond acceptors (Lipinski definition) is 9. The first-order valence-corrected chi connectivity index (χ1v) is 13.4. The van der Waals surface area contributed by atoms with Gasteiger partial charge in [-0.1, -0.05) is 17.7 Å². The zero-order chi connectivity index (χ0) is 28.2. The van der Waals surface area contributed by atoms with E-state index in [0.29, 0.717) is 17.2 Å². The van der Waals surface area contributed by atoms with Crippen LogP contribution >= 0.6 is 0 Å². The lowest BCUT2D eigenvalue weighted by Crippen LogP contribution is -2.27. The summed E-state index contributed by atoms with van der Waals surface area (Å²) in [6.07, 6.45) is -0.0745. The molecule has 0 radical (unpaired) electrons. The van der Waals surface area contributed by atoms with E-state index in [4.69, 9.17) is 18.4 Å². The highest BCUT2D eigenvalue weighted by molar-refractivity contribution is 7.87. The summed E-state index contributed by atoms with van der Waals surface area (Å²) in [6.45, 7) is 1.37. The van der Waals surface area contributed by atoms with Crippen molar-refractivity contribution in [2.45, 2.75) is 18.2 Å². The Balaban J connectivity index is 1.34. The molecule has 10 nitrogen and oxygen atoms in total. The predicted octanol–water partition coefficient (Wildman–Crippen LogP) is 3.56. The highest BCUT2D eigenvalue weighted by atomic mass is 32.2. The first-order chi connectivity index (χ1) is 18.6. The SMILES string of the molecule is COc1ccc(OC)c(N2C[C@@H](C(=O)OCC(=O)c3ccc(OS(=O)(=O)c4ccc(C)cc4)cc3)CC2=O)c1. The summed E-state index contributed by atoms with van der Waals surface area (Å²) in [4.78, 5) is 39.3. The van der Waals surface area contributed by atoms with E-state index in [2.05, 4.69) is 0 Å². The second-order valence-corrected chi connectivity index (χ2v) is 10.4. The number of anilines is 1. The molecule has 1 fully saturated rings. The Kier molecular flexibility index (Phi) is 8.20. The Labute approximate surface area is 226 Å². The maximum absolute atomic E-state index is 12.7. The number of esters is 1. The Morgan fingerprint density at radius 1 is 0.923 bits per heavy atom. The minimum atomic E-state index is -4.03. The van der Waals surface area contributed by atoms with E-state index in [1.165, 1.54) is 55.5 Å². The van der Waals surface area contributed by atoms with Crippen molar-refractivity contribution >= 4 is 33.5 Å². The molecule has 39 heavy (non-hydrogen) atoms. The van der Waals surface area contributed by atoms with E-state index < -0.39 is 34.4 Å². The molecule has 1 aliphatic rings. The van der Waals surface area contributed by atoms with Gasteiger partial charge in [0.2, 0.25) is 5.91 Å². The Morgan fingerprint density at radius 2 is 1.59 bits per heavy atom. The van der Waals surface area contributed by atoms with Crippen molar-refractivity contribution in [1.82, 2.24) is 0 Å². The number of amides is 1. The van der Waals surface area contributed by atoms with Gasteiger partial charge in [0.1, 0.15) is 22.1 Å². The van der Waals surface area contributed by atoms with Crippen LogP contribution in [0.2, 0.25) is 0 Å². The normalized spacial score (nSPS) is 15.1. The lowest BCUT2D eigenvalue weighted by molar-refractivity contribution is -0.147. The maximum Gasteiger partial charge on any atom is 0.339 e. The fraction of sp³-hybridized carbons (Fsp3) is 0.250. The summed E-state index contributed by atoms with van der Waals surface area (Å²) in [6, 6.07) is 16.7. The summed E-state index contributed by atoms with van der Waals surface area (Å²) < 4.78 is 45.8. The molecular weight excluding hydrogens is 526 g/mol. The lowest BCUT2D eigenvalue weighted by atomic mass is 10.1. The van der Waals surface area contributed by atoms with Crippen LogP contribution in [0.1, 0.15) is 22.3 Å². The van der Waals surface area contributed by atoms with Gasteiger partial charge >= 0.3 is 16.1 Å². The number of ether oxygens (including phenoxy) is 3. The highest BCUT2D eigenvalue weighted by Gasteiger charge is 2.37. The summed E-state index contributed by atoms with van der Waals surface area (Å²) in [5.41, 5.74) is 1.58. The molecule has 1 saturated heterocycles. The number of hydrogen-bond donors (Lipinski definition) is 0. The number of ketones is 1. The molecule has 1 heterocycles. The number of Topliss-reactive ketones (excluding diaryl/α,β-unsaturated/α-hetero) is 1. The third kappa shape index (κ3) is 6.37. The van der Waals surface area contributed by atoms with E-state index in [1.54, 1.807) is 30.3 Å². The second-order valence-electron chi connectivity index (χ2n) is 8.85. The van der Waals surface area contributed by atoms with Gasteiger partial charge in [0, 0.05) is 24.6 Å². The largest absolute Gasteiger partial charge is 0.497 e. The summed E-state index contributed by atoms with van der Waals surface area (Å²) in [7, 11) is -1.05. The molecule has 0 spiro atoms. The molecule has 0 unspecified atom stereocenters. The quantitative estimate of drug-likeness (QED) is 0.210. The molecule has 0 bridgehead atoms. The number of aryl methyl sites for hydroxylation is 1. The average molecular weight is 554 g/mol. The third-order valence-corrected chi connectivity index (χ3v) is 7.43. The van der Waals surface area contributed by atoms with Crippen LogP contribution in [-0.2, 0) is 24.4 Å². The number of methoxy groups -OCH3 is 2. The van der Waals surface area contributed by atoms with E-state index in [0.717, 1.165) is 5.56 Å². The number of carbonyl (C=O) groups excluding carboxylic acids is 3. The van der Waals surface area contributed by atoms with Crippen molar-refractivity contribution in [1.29, 1.82) is 0 Å². The van der Waals surface area contributed by atoms with Crippen molar-refractivity contribution in [3.8, 4) is 17.2 Å². The van der Waals surface area contributed by atoms with Gasteiger partial charge in [0.05, 0.1) is 25.8 Å². The molecule has 0 aliphatic carbocycles. The number of nitrogens with zero attached hydrogens (tertiary/aromatic N) is 1. The summed E-state index contributed by atoms with van der Waals surface area (Å²) in [5.74, 6) is -1.21. The lowest BCUT2D eigenvalue weighted by Gasteiger charge is -2.20. The van der Waals surface area contributed by atoms with Crippen LogP contribution in [0, 0.1) is 12.8 Å². The smallest absolute Gasteiger partial charge is 0.339 e. The van der Waals surface area contributed by atoms with Crippen LogP contribution in [0.15, 0.2) is 71.6 Å². The minimum Gasteiger partial charge on any atom is -0.497 e. The van der Waals surface area contributed by atoms with Gasteiger partial charge in [-0.25, -0.2) is 0 Å². The molecule has 204 valence electrons. The Morgan fingerprint density at radius 3 is 2.23 bits per heavy atom. The molecule has 0 N–H and O–H groups in total. The summed E-state index contributed by atoms with van der Waals surface area (Å²) in [5, 5.41) is 0. The van der Waals surface area contributed by atoms with Crippen LogP contribution < -0.4 is 18.6 Å². The van der Waals surface area contributed by atoms with Gasteiger partial charge in [-0.3, -0.25) is 14.4 Å². The topological polar surface area (TPSA) is 126 Å². The number of rotatable bonds is 10. The van der Waals surface area contributed by atoms with Crippen LogP contribution in [0.25, 0.3) is 0 Å². The van der Waals surface area contributed by atoms with E-state index >= 15 is 0 Å². The highest BCUT2D eigenvalue weighted by Crippen LogP contribution is 2.36. The molecule has 1 amide bonds. The minimum absolute atomic E-state index is 0.00831. The molecular formula is C28H27NO9S. The van der Waals surface area contributed by atoms with E-state index in [-0.39, 0.29) is 35.1 Å². The molecule has 1 atom stereocenters. The molecule has 3 aromatic carbocycles. The standard InChI is InChI=1S/C28H27NO9S/c1-18-4-11-23(12-5-18)39(33,34)38-21-8-6-19(7-9-21)25(30)17-37-28(32)20-14-27(31)29(16-20)24-15-22(35-2)10-13-26(24)36-3/h4-13,15,20H,14,16-17H2,1-3H3/t20-/m0/s1. The predicted molar refractivity (Wildman–Crippen MR) is 141 cm³/mol. The van der Waals surface area contributed by atoms with Gasteiger partial charge in [-0.2, -0.15) is 8.42 Å². The zero-order valence-corrected chi connectivity index (χ0v) is 22.4. The maximum atomic E-state index is 12.7. The van der Waals surface area contributed by atoms with Gasteiger partial charge in [0.25, 0.3) is 0 Å². The van der Waals surface area contributed by atoms with Gasteiger partial charge in [-0.15, -0.1) is 0 Å². The van der Waals surface area contributed by atoms with Crippen LogP contribution in [0.4, 0.5) is 5.69 Å². The molecule has 0 saturated carbocycles. The van der Waals surface area contributed by atoms with E-state index in [1.807, 2.05) is 6.92 Å². The summed E-state index contributed by atoms with van der Waals surface area (Å²) >= 11 is 0. The van der Waals surface area contributed by atoms with Crippen LogP contribution in [0.3, 0.4) is 0 Å². The zero-order valence-electron chi connectivity index (χ0n) is 21.6. The van der Waals surface area contributed by atoms with Crippen LogP contribution in [-0.4, -0.2) is 53.4 Å². The van der Waals surface area contributed by atoms with Crippen molar-refractivity contribution in [3.05, 3.63) is 77.9 Å². The number of carbonyl (C=O) groups is 3. The van der Waals surface area contributed by atoms with E-state index in [9.17, 15) is 22.8 Å². The molecule has 3 aromatic rings. The first-order valence-electron chi connectivity index (χ1n) is 11.9. The monoisotopic (exact) mass is 553 g/mol.